The van der Waals surface area contributed by atoms with Crippen LogP contribution in [0.2, 0.25) is 0 Å². The van der Waals surface area contributed by atoms with E-state index in [9.17, 15) is 9.59 Å². The number of carbonyl (C=O) groups is 2. The maximum absolute atomic E-state index is 12.0. The second-order valence-corrected chi connectivity index (χ2v) is 4.34. The first-order chi connectivity index (χ1) is 7.57. The number of carbonyl (C=O) groups excluding carboxylic acids is 1. The lowest BCUT2D eigenvalue weighted by molar-refractivity contribution is -0.151. The van der Waals surface area contributed by atoms with Crippen molar-refractivity contribution in [1.29, 1.82) is 0 Å². The molecule has 4 nitrogen and oxygen atoms in total. The van der Waals surface area contributed by atoms with Crippen LogP contribution in [-0.4, -0.2) is 35.5 Å². The van der Waals surface area contributed by atoms with Crippen molar-refractivity contribution in [3.05, 3.63) is 12.7 Å². The molecule has 1 aliphatic rings. The molecule has 90 valence electrons. The second-order valence-electron chi connectivity index (χ2n) is 4.34. The predicted molar refractivity (Wildman–Crippen MR) is 60.9 cm³/mol. The standard InChI is InChI=1S/C12H19NO3/c1-3-8-13(2)11(14)9-6-4-5-7-10(9)12(15)16/h3,9-10H,1,4-8H2,2H3,(H,15,16). The smallest absolute Gasteiger partial charge is 0.307 e. The summed E-state index contributed by atoms with van der Waals surface area (Å²) >= 11 is 0. The maximum Gasteiger partial charge on any atom is 0.307 e. The van der Waals surface area contributed by atoms with Crippen molar-refractivity contribution in [3.8, 4) is 0 Å². The summed E-state index contributed by atoms with van der Waals surface area (Å²) in [6.45, 7) is 4.05. The van der Waals surface area contributed by atoms with Crippen molar-refractivity contribution in [2.45, 2.75) is 25.7 Å². The van der Waals surface area contributed by atoms with Gasteiger partial charge in [-0.3, -0.25) is 9.59 Å². The molecule has 16 heavy (non-hydrogen) atoms. The van der Waals surface area contributed by atoms with Crippen molar-refractivity contribution in [3.63, 3.8) is 0 Å². The number of aliphatic carboxylic acids is 1. The quantitative estimate of drug-likeness (QED) is 0.738. The SMILES string of the molecule is C=CCN(C)C(=O)C1CCCCC1C(=O)O. The molecule has 0 saturated heterocycles. The van der Waals surface area contributed by atoms with E-state index in [1.165, 1.54) is 0 Å². The van der Waals surface area contributed by atoms with Gasteiger partial charge < -0.3 is 10.0 Å². The van der Waals surface area contributed by atoms with Crippen LogP contribution in [0.5, 0.6) is 0 Å². The van der Waals surface area contributed by atoms with E-state index in [2.05, 4.69) is 6.58 Å². The number of carboxylic acids is 1. The van der Waals surface area contributed by atoms with E-state index < -0.39 is 11.9 Å². The fourth-order valence-electron chi connectivity index (χ4n) is 2.29. The summed E-state index contributed by atoms with van der Waals surface area (Å²) in [5.74, 6) is -1.76. The monoisotopic (exact) mass is 225 g/mol. The van der Waals surface area contributed by atoms with Gasteiger partial charge in [-0.2, -0.15) is 0 Å². The highest BCUT2D eigenvalue weighted by atomic mass is 16.4. The summed E-state index contributed by atoms with van der Waals surface area (Å²) in [5.41, 5.74) is 0. The summed E-state index contributed by atoms with van der Waals surface area (Å²) < 4.78 is 0. The van der Waals surface area contributed by atoms with Crippen LogP contribution < -0.4 is 0 Å². The number of carboxylic acid groups (broad SMARTS) is 1. The van der Waals surface area contributed by atoms with E-state index in [-0.39, 0.29) is 11.8 Å². The average molecular weight is 225 g/mol. The third-order valence-electron chi connectivity index (χ3n) is 3.18. The van der Waals surface area contributed by atoms with E-state index in [4.69, 9.17) is 5.11 Å². The van der Waals surface area contributed by atoms with E-state index >= 15 is 0 Å². The first-order valence-electron chi connectivity index (χ1n) is 5.66. The Balaban J connectivity index is 2.70. The van der Waals surface area contributed by atoms with E-state index in [0.29, 0.717) is 19.4 Å². The molecular formula is C12H19NO3. The van der Waals surface area contributed by atoms with Gasteiger partial charge in [-0.05, 0) is 12.8 Å². The Morgan fingerprint density at radius 3 is 2.44 bits per heavy atom. The first kappa shape index (κ1) is 12.7. The Labute approximate surface area is 95.9 Å². The molecule has 1 fully saturated rings. The third-order valence-corrected chi connectivity index (χ3v) is 3.18. The zero-order valence-electron chi connectivity index (χ0n) is 9.69. The molecule has 1 amide bonds. The molecule has 1 aliphatic carbocycles. The van der Waals surface area contributed by atoms with Crippen LogP contribution >= 0.6 is 0 Å². The highest BCUT2D eigenvalue weighted by Gasteiger charge is 2.36. The number of likely N-dealkylation sites (N-methyl/N-ethyl adjacent to an activating group) is 1. The molecule has 0 aromatic heterocycles. The largest absolute Gasteiger partial charge is 0.481 e. The van der Waals surface area contributed by atoms with Crippen molar-refractivity contribution < 1.29 is 14.7 Å². The molecule has 0 spiro atoms. The Bertz CT molecular complexity index is 288. The average Bonchev–Trinajstić information content (AvgIpc) is 2.28. The Morgan fingerprint density at radius 1 is 1.38 bits per heavy atom. The lowest BCUT2D eigenvalue weighted by atomic mass is 9.78. The minimum atomic E-state index is -0.843. The highest BCUT2D eigenvalue weighted by molar-refractivity contribution is 5.84. The van der Waals surface area contributed by atoms with Crippen LogP contribution in [0.4, 0.5) is 0 Å². The number of hydrogen-bond acceptors (Lipinski definition) is 2. The predicted octanol–water partition coefficient (Wildman–Crippen LogP) is 1.52. The zero-order valence-corrected chi connectivity index (χ0v) is 9.69. The minimum Gasteiger partial charge on any atom is -0.481 e. The van der Waals surface area contributed by atoms with Gasteiger partial charge in [0.1, 0.15) is 0 Å². The van der Waals surface area contributed by atoms with Crippen molar-refractivity contribution in [2.24, 2.45) is 11.8 Å². The summed E-state index contributed by atoms with van der Waals surface area (Å²) in [6.07, 6.45) is 4.81. The van der Waals surface area contributed by atoms with Gasteiger partial charge in [-0.25, -0.2) is 0 Å². The van der Waals surface area contributed by atoms with Crippen LogP contribution in [-0.2, 0) is 9.59 Å². The van der Waals surface area contributed by atoms with Gasteiger partial charge in [0.2, 0.25) is 5.91 Å². The van der Waals surface area contributed by atoms with Crippen molar-refractivity contribution in [2.75, 3.05) is 13.6 Å². The van der Waals surface area contributed by atoms with Crippen molar-refractivity contribution in [1.82, 2.24) is 4.90 Å². The van der Waals surface area contributed by atoms with Gasteiger partial charge in [0.25, 0.3) is 0 Å². The van der Waals surface area contributed by atoms with E-state index in [1.807, 2.05) is 0 Å². The second kappa shape index (κ2) is 5.68. The number of hydrogen-bond donors (Lipinski definition) is 1. The number of rotatable bonds is 4. The van der Waals surface area contributed by atoms with Gasteiger partial charge in [0.05, 0.1) is 11.8 Å². The van der Waals surface area contributed by atoms with Crippen LogP contribution in [0.15, 0.2) is 12.7 Å². The van der Waals surface area contributed by atoms with E-state index in [0.717, 1.165) is 12.8 Å². The molecule has 0 heterocycles. The Morgan fingerprint density at radius 2 is 1.94 bits per heavy atom. The van der Waals surface area contributed by atoms with Gasteiger partial charge >= 0.3 is 5.97 Å². The lowest BCUT2D eigenvalue weighted by Crippen LogP contribution is -2.40. The van der Waals surface area contributed by atoms with Crippen LogP contribution in [0, 0.1) is 11.8 Å². The molecule has 2 atom stereocenters. The Kier molecular flexibility index (Phi) is 4.52. The van der Waals surface area contributed by atoms with E-state index in [1.54, 1.807) is 18.0 Å². The molecular weight excluding hydrogens is 206 g/mol. The normalized spacial score (nSPS) is 24.8. The molecule has 1 saturated carbocycles. The summed E-state index contributed by atoms with van der Waals surface area (Å²) in [5, 5.41) is 9.08. The summed E-state index contributed by atoms with van der Waals surface area (Å²) in [4.78, 5) is 24.6. The molecule has 0 aromatic carbocycles. The highest BCUT2D eigenvalue weighted by Crippen LogP contribution is 2.31. The Hall–Kier alpha value is -1.32. The molecule has 0 aliphatic heterocycles. The maximum atomic E-state index is 12.0. The first-order valence-corrected chi connectivity index (χ1v) is 5.66. The van der Waals surface area contributed by atoms with Gasteiger partial charge in [-0.15, -0.1) is 6.58 Å². The summed E-state index contributed by atoms with van der Waals surface area (Å²) in [6, 6.07) is 0. The van der Waals surface area contributed by atoms with Crippen molar-refractivity contribution >= 4 is 11.9 Å². The minimum absolute atomic E-state index is 0.0630. The molecule has 1 N–H and O–H groups in total. The molecule has 4 heteroatoms. The molecule has 1 rings (SSSR count). The van der Waals surface area contributed by atoms with Crippen LogP contribution in [0.25, 0.3) is 0 Å². The summed E-state index contributed by atoms with van der Waals surface area (Å²) in [7, 11) is 1.69. The van der Waals surface area contributed by atoms with Crippen LogP contribution in [0.3, 0.4) is 0 Å². The van der Waals surface area contributed by atoms with Gasteiger partial charge in [-0.1, -0.05) is 18.9 Å². The molecule has 0 bridgehead atoms. The fraction of sp³-hybridized carbons (Fsp3) is 0.667. The van der Waals surface area contributed by atoms with Gasteiger partial charge in [0, 0.05) is 13.6 Å². The fourth-order valence-corrected chi connectivity index (χ4v) is 2.29. The third kappa shape index (κ3) is 2.84. The zero-order chi connectivity index (χ0) is 12.1. The molecule has 0 radical (unpaired) electrons. The topological polar surface area (TPSA) is 57.6 Å². The molecule has 0 aromatic rings. The number of nitrogens with zero attached hydrogens (tertiary/aromatic N) is 1. The molecule has 2 unspecified atom stereocenters. The number of amides is 1. The lowest BCUT2D eigenvalue weighted by Gasteiger charge is -2.30. The van der Waals surface area contributed by atoms with Gasteiger partial charge in [0.15, 0.2) is 0 Å². The van der Waals surface area contributed by atoms with Crippen LogP contribution in [0.1, 0.15) is 25.7 Å².